The molecule has 0 atom stereocenters. The number of carbonyl (C=O) groups is 2. The van der Waals surface area contributed by atoms with Gasteiger partial charge in [0, 0.05) is 28.3 Å². The molecule has 7 nitrogen and oxygen atoms in total. The summed E-state index contributed by atoms with van der Waals surface area (Å²) in [5.41, 5.74) is 7.80. The molecule has 0 fully saturated rings. The van der Waals surface area contributed by atoms with E-state index in [0.717, 1.165) is 34.0 Å². The molecule has 0 saturated carbocycles. The van der Waals surface area contributed by atoms with E-state index in [4.69, 9.17) is 4.74 Å². The summed E-state index contributed by atoms with van der Waals surface area (Å²) in [6, 6.07) is 17.1. The molecule has 1 heterocycles. The maximum atomic E-state index is 12.1. The van der Waals surface area contributed by atoms with Crippen LogP contribution in [0.1, 0.15) is 42.3 Å². The molecule has 0 spiro atoms. The molecule has 0 aliphatic heterocycles. The number of aromatic nitrogens is 1. The number of hydrogen-bond donors (Lipinski definition) is 2. The first-order valence-electron chi connectivity index (χ1n) is 10.4. The molecular weight excluding hydrogens is 404 g/mol. The Bertz CT molecular complexity index is 1130. The number of hydrogen-bond acceptors (Lipinski definition) is 4. The maximum Gasteiger partial charge on any atom is 0.329 e. The lowest BCUT2D eigenvalue weighted by molar-refractivity contribution is -0.136. The van der Waals surface area contributed by atoms with E-state index in [1.54, 1.807) is 19.2 Å². The molecule has 3 aromatic rings. The molecule has 0 aliphatic rings. The summed E-state index contributed by atoms with van der Waals surface area (Å²) in [6.45, 7) is 8.14. The van der Waals surface area contributed by atoms with Gasteiger partial charge in [-0.2, -0.15) is 5.10 Å². The molecule has 2 N–H and O–H groups in total. The minimum atomic E-state index is -0.835. The molecule has 1 aromatic heterocycles. The van der Waals surface area contributed by atoms with E-state index >= 15 is 0 Å². The van der Waals surface area contributed by atoms with Gasteiger partial charge in [0.05, 0.1) is 13.3 Å². The minimum Gasteiger partial charge on any atom is -0.497 e. The Kier molecular flexibility index (Phi) is 7.10. The fraction of sp³-hybridized carbons (Fsp3) is 0.240. The van der Waals surface area contributed by atoms with Crippen molar-refractivity contribution in [3.05, 3.63) is 77.1 Å². The summed E-state index contributed by atoms with van der Waals surface area (Å²) in [6.07, 6.45) is 1.53. The normalized spacial score (nSPS) is 11.1. The predicted molar refractivity (Wildman–Crippen MR) is 127 cm³/mol. The molecule has 2 aromatic carbocycles. The van der Waals surface area contributed by atoms with E-state index in [0.29, 0.717) is 11.6 Å². The summed E-state index contributed by atoms with van der Waals surface area (Å²) in [5, 5.41) is 6.53. The number of aryl methyl sites for hydroxylation is 1. The van der Waals surface area contributed by atoms with Crippen molar-refractivity contribution in [2.75, 3.05) is 12.4 Å². The lowest BCUT2D eigenvalue weighted by atomic mass is 10.0. The van der Waals surface area contributed by atoms with Crippen LogP contribution in [-0.4, -0.2) is 29.7 Å². The highest BCUT2D eigenvalue weighted by Crippen LogP contribution is 2.22. The van der Waals surface area contributed by atoms with E-state index in [9.17, 15) is 9.59 Å². The molecule has 0 unspecified atom stereocenters. The van der Waals surface area contributed by atoms with Crippen molar-refractivity contribution in [2.24, 2.45) is 5.10 Å². The Morgan fingerprint density at radius 2 is 1.66 bits per heavy atom. The van der Waals surface area contributed by atoms with Crippen molar-refractivity contribution in [1.82, 2.24) is 9.99 Å². The molecule has 7 heteroatoms. The summed E-state index contributed by atoms with van der Waals surface area (Å²) < 4.78 is 7.29. The number of benzene rings is 2. The number of rotatable bonds is 6. The second kappa shape index (κ2) is 9.96. The fourth-order valence-corrected chi connectivity index (χ4v) is 3.40. The lowest BCUT2D eigenvalue weighted by Crippen LogP contribution is -2.32. The third kappa shape index (κ3) is 5.24. The fourth-order valence-electron chi connectivity index (χ4n) is 3.40. The molecule has 0 bridgehead atoms. The molecule has 0 saturated heterocycles. The molecule has 0 radical (unpaired) electrons. The first-order valence-corrected chi connectivity index (χ1v) is 10.4. The number of amides is 2. The number of nitrogens with one attached hydrogen (secondary N) is 2. The van der Waals surface area contributed by atoms with Crippen LogP contribution < -0.4 is 15.5 Å². The van der Waals surface area contributed by atoms with E-state index in [-0.39, 0.29) is 0 Å². The standard InChI is InChI=1S/C25H28N4O3/c1-16(2)19-6-8-21(9-7-19)27-24(30)25(31)28-26-15-20-14-17(3)29(18(20)4)22-10-12-23(32-5)13-11-22/h6-16H,1-5H3,(H,27,30)(H,28,31). The van der Waals surface area contributed by atoms with Gasteiger partial charge in [0.15, 0.2) is 0 Å². The van der Waals surface area contributed by atoms with Crippen molar-refractivity contribution in [2.45, 2.75) is 33.6 Å². The molecule has 2 amide bonds. The minimum absolute atomic E-state index is 0.393. The Hall–Kier alpha value is -3.87. The SMILES string of the molecule is COc1ccc(-n2c(C)cc(C=NNC(=O)C(=O)Nc3ccc(C(C)C)cc3)c2C)cc1. The van der Waals surface area contributed by atoms with E-state index in [1.165, 1.54) is 6.21 Å². The Labute approximate surface area is 188 Å². The lowest BCUT2D eigenvalue weighted by Gasteiger charge is -2.10. The van der Waals surface area contributed by atoms with Gasteiger partial charge in [-0.15, -0.1) is 0 Å². The summed E-state index contributed by atoms with van der Waals surface area (Å²) in [7, 11) is 1.63. The van der Waals surface area contributed by atoms with Crippen molar-refractivity contribution >= 4 is 23.7 Å². The molecule has 166 valence electrons. The molecule has 32 heavy (non-hydrogen) atoms. The van der Waals surface area contributed by atoms with Crippen LogP contribution in [-0.2, 0) is 9.59 Å². The van der Waals surface area contributed by atoms with Crippen molar-refractivity contribution < 1.29 is 14.3 Å². The van der Waals surface area contributed by atoms with Gasteiger partial charge in [-0.3, -0.25) is 9.59 Å². The average Bonchev–Trinajstić information content (AvgIpc) is 3.07. The highest BCUT2D eigenvalue weighted by Gasteiger charge is 2.14. The van der Waals surface area contributed by atoms with Gasteiger partial charge in [-0.05, 0) is 67.8 Å². The summed E-state index contributed by atoms with van der Waals surface area (Å²) in [5.74, 6) is -0.430. The van der Waals surface area contributed by atoms with Gasteiger partial charge in [-0.1, -0.05) is 26.0 Å². The Morgan fingerprint density at radius 3 is 2.25 bits per heavy atom. The van der Waals surface area contributed by atoms with Crippen LogP contribution in [0.25, 0.3) is 5.69 Å². The average molecular weight is 433 g/mol. The number of carbonyl (C=O) groups excluding carboxylic acids is 2. The van der Waals surface area contributed by atoms with Crippen molar-refractivity contribution in [1.29, 1.82) is 0 Å². The number of ether oxygens (including phenoxy) is 1. The monoisotopic (exact) mass is 432 g/mol. The van der Waals surface area contributed by atoms with E-state index in [2.05, 4.69) is 34.3 Å². The number of anilines is 1. The topological polar surface area (TPSA) is 84.7 Å². The van der Waals surface area contributed by atoms with Crippen molar-refractivity contribution in [3.8, 4) is 11.4 Å². The zero-order valence-electron chi connectivity index (χ0n) is 19.0. The summed E-state index contributed by atoms with van der Waals surface area (Å²) in [4.78, 5) is 24.2. The zero-order chi connectivity index (χ0) is 23.3. The largest absolute Gasteiger partial charge is 0.497 e. The van der Waals surface area contributed by atoms with Crippen LogP contribution in [0.5, 0.6) is 5.75 Å². The van der Waals surface area contributed by atoms with Gasteiger partial charge >= 0.3 is 11.8 Å². The second-order valence-corrected chi connectivity index (χ2v) is 7.79. The van der Waals surface area contributed by atoms with Crippen LogP contribution in [0, 0.1) is 13.8 Å². The first kappa shape index (κ1) is 22.8. The highest BCUT2D eigenvalue weighted by molar-refractivity contribution is 6.39. The molecular formula is C25H28N4O3. The van der Waals surface area contributed by atoms with Gasteiger partial charge in [0.1, 0.15) is 5.75 Å². The van der Waals surface area contributed by atoms with Crippen molar-refractivity contribution in [3.63, 3.8) is 0 Å². The Balaban J connectivity index is 1.63. The van der Waals surface area contributed by atoms with Crippen LogP contribution in [0.4, 0.5) is 5.69 Å². The second-order valence-electron chi connectivity index (χ2n) is 7.79. The van der Waals surface area contributed by atoms with Gasteiger partial charge in [0.25, 0.3) is 0 Å². The zero-order valence-corrected chi connectivity index (χ0v) is 19.0. The summed E-state index contributed by atoms with van der Waals surface area (Å²) >= 11 is 0. The predicted octanol–water partition coefficient (Wildman–Crippen LogP) is 4.31. The number of hydrazone groups is 1. The number of methoxy groups -OCH3 is 1. The third-order valence-corrected chi connectivity index (χ3v) is 5.21. The Morgan fingerprint density at radius 1 is 1.00 bits per heavy atom. The van der Waals surface area contributed by atoms with E-state index < -0.39 is 11.8 Å². The van der Waals surface area contributed by atoms with Crippen LogP contribution in [0.3, 0.4) is 0 Å². The van der Waals surface area contributed by atoms with Gasteiger partial charge in [0.2, 0.25) is 0 Å². The van der Waals surface area contributed by atoms with E-state index in [1.807, 2.05) is 56.3 Å². The smallest absolute Gasteiger partial charge is 0.329 e. The number of nitrogens with zero attached hydrogens (tertiary/aromatic N) is 2. The van der Waals surface area contributed by atoms with Crippen LogP contribution >= 0.6 is 0 Å². The highest BCUT2D eigenvalue weighted by atomic mass is 16.5. The van der Waals surface area contributed by atoms with Gasteiger partial charge < -0.3 is 14.6 Å². The molecule has 3 rings (SSSR count). The first-order chi connectivity index (χ1) is 15.3. The quantitative estimate of drug-likeness (QED) is 0.346. The van der Waals surface area contributed by atoms with Crippen LogP contribution in [0.15, 0.2) is 59.7 Å². The molecule has 0 aliphatic carbocycles. The van der Waals surface area contributed by atoms with Gasteiger partial charge in [-0.25, -0.2) is 5.43 Å². The maximum absolute atomic E-state index is 12.1. The third-order valence-electron chi connectivity index (χ3n) is 5.21. The van der Waals surface area contributed by atoms with Crippen LogP contribution in [0.2, 0.25) is 0 Å².